The summed E-state index contributed by atoms with van der Waals surface area (Å²) in [4.78, 5) is 2.07. The van der Waals surface area contributed by atoms with Crippen molar-refractivity contribution in [3.63, 3.8) is 0 Å². The van der Waals surface area contributed by atoms with Crippen LogP contribution < -0.4 is 9.47 Å². The van der Waals surface area contributed by atoms with E-state index in [-0.39, 0.29) is 11.5 Å². The summed E-state index contributed by atoms with van der Waals surface area (Å²) in [7, 11) is 0. The van der Waals surface area contributed by atoms with Crippen molar-refractivity contribution in [2.75, 3.05) is 11.9 Å². The van der Waals surface area contributed by atoms with Crippen LogP contribution >= 0.6 is 23.5 Å². The van der Waals surface area contributed by atoms with E-state index < -0.39 is 0 Å². The number of ether oxygens (including phenoxy) is 2. The number of benzene rings is 4. The largest absolute Gasteiger partial charge is 0.508 e. The summed E-state index contributed by atoms with van der Waals surface area (Å²) in [5, 5.41) is 18.8. The third kappa shape index (κ3) is 6.88. The molecule has 4 aromatic rings. The van der Waals surface area contributed by atoms with Gasteiger partial charge in [0, 0.05) is 16.2 Å². The van der Waals surface area contributed by atoms with Gasteiger partial charge in [-0.25, -0.2) is 0 Å². The van der Waals surface area contributed by atoms with E-state index in [1.54, 1.807) is 47.8 Å². The van der Waals surface area contributed by atoms with Crippen LogP contribution in [0.5, 0.6) is 23.0 Å². The fourth-order valence-electron chi connectivity index (χ4n) is 3.19. The maximum Gasteiger partial charge on any atom is 0.138 e. The number of phenols is 2. The fraction of sp³-hybridized carbons (Fsp3) is 0.111. The van der Waals surface area contributed by atoms with E-state index >= 15 is 0 Å². The van der Waals surface area contributed by atoms with Crippen molar-refractivity contribution in [3.8, 4) is 23.0 Å². The molecule has 0 atom stereocenters. The van der Waals surface area contributed by atoms with Crippen molar-refractivity contribution in [2.45, 2.75) is 16.2 Å². The first kappa shape index (κ1) is 23.0. The summed E-state index contributed by atoms with van der Waals surface area (Å²) in [6, 6.07) is 30.3. The summed E-state index contributed by atoms with van der Waals surface area (Å²) >= 11 is 3.15. The molecule has 0 spiro atoms. The number of thioether (sulfide) groups is 2. The van der Waals surface area contributed by atoms with Gasteiger partial charge in [-0.05, 0) is 71.8 Å². The third-order valence-corrected chi connectivity index (χ3v) is 6.56. The molecule has 0 heterocycles. The van der Waals surface area contributed by atoms with E-state index in [9.17, 15) is 10.2 Å². The normalized spacial score (nSPS) is 10.7. The number of phenolic OH excluding ortho intramolecular Hbond substituents is 2. The van der Waals surface area contributed by atoms with Crippen molar-refractivity contribution < 1.29 is 19.7 Å². The van der Waals surface area contributed by atoms with E-state index in [4.69, 9.17) is 9.47 Å². The van der Waals surface area contributed by atoms with Crippen LogP contribution in [-0.2, 0) is 6.42 Å². The average molecular weight is 477 g/mol. The number of hydrogen-bond acceptors (Lipinski definition) is 6. The average Bonchev–Trinajstić information content (AvgIpc) is 2.84. The van der Waals surface area contributed by atoms with Gasteiger partial charge in [0.25, 0.3) is 0 Å². The van der Waals surface area contributed by atoms with Crippen LogP contribution in [0.15, 0.2) is 107 Å². The van der Waals surface area contributed by atoms with Crippen LogP contribution in [0.1, 0.15) is 11.1 Å². The number of para-hydroxylation sites is 2. The highest BCUT2D eigenvalue weighted by molar-refractivity contribution is 7.99. The lowest BCUT2D eigenvalue weighted by molar-refractivity contribution is 0.384. The van der Waals surface area contributed by atoms with Gasteiger partial charge < -0.3 is 19.7 Å². The highest BCUT2D eigenvalue weighted by Crippen LogP contribution is 2.29. The summed E-state index contributed by atoms with van der Waals surface area (Å²) in [5.74, 6) is 3.15. The summed E-state index contributed by atoms with van der Waals surface area (Å²) in [6.45, 7) is 0. The molecule has 0 amide bonds. The molecule has 4 aromatic carbocycles. The van der Waals surface area contributed by atoms with Gasteiger partial charge >= 0.3 is 0 Å². The Bertz CT molecular complexity index is 1070. The Kier molecular flexibility index (Phi) is 8.06. The van der Waals surface area contributed by atoms with Gasteiger partial charge in [-0.1, -0.05) is 59.9 Å². The minimum Gasteiger partial charge on any atom is -0.508 e. The van der Waals surface area contributed by atoms with E-state index in [1.165, 1.54) is 0 Å². The van der Waals surface area contributed by atoms with Crippen LogP contribution in [0.3, 0.4) is 0 Å². The van der Waals surface area contributed by atoms with Crippen molar-refractivity contribution >= 4 is 23.5 Å². The van der Waals surface area contributed by atoms with Gasteiger partial charge in [-0.3, -0.25) is 0 Å². The van der Waals surface area contributed by atoms with Crippen molar-refractivity contribution in [1.29, 1.82) is 0 Å². The Morgan fingerprint density at radius 2 is 0.909 bits per heavy atom. The molecule has 0 saturated heterocycles. The van der Waals surface area contributed by atoms with E-state index in [0.717, 1.165) is 32.4 Å². The molecule has 0 aliphatic heterocycles. The predicted octanol–water partition coefficient (Wildman–Crippen LogP) is 6.95. The molecular weight excluding hydrogens is 452 g/mol. The van der Waals surface area contributed by atoms with E-state index in [2.05, 4.69) is 12.1 Å². The molecular formula is C27H24O4S2. The Morgan fingerprint density at radius 1 is 0.515 bits per heavy atom. The monoisotopic (exact) mass is 476 g/mol. The highest BCUT2D eigenvalue weighted by atomic mass is 32.2. The third-order valence-electron chi connectivity index (χ3n) is 4.88. The SMILES string of the molecule is Oc1ccc(SCOc2ccccc2Cc2ccccc2OCSc2ccc(O)cc2)cc1. The van der Waals surface area contributed by atoms with Gasteiger partial charge in [-0.2, -0.15) is 0 Å². The maximum absolute atomic E-state index is 9.42. The Hall–Kier alpha value is -3.22. The van der Waals surface area contributed by atoms with E-state index in [1.807, 2.05) is 60.7 Å². The first-order chi connectivity index (χ1) is 16.2. The lowest BCUT2D eigenvalue weighted by Gasteiger charge is -2.14. The molecule has 0 aliphatic carbocycles. The molecule has 33 heavy (non-hydrogen) atoms. The smallest absolute Gasteiger partial charge is 0.138 e. The zero-order valence-corrected chi connectivity index (χ0v) is 19.5. The summed E-state index contributed by atoms with van der Waals surface area (Å²) in [5.41, 5.74) is 2.18. The lowest BCUT2D eigenvalue weighted by Crippen LogP contribution is -2.01. The molecule has 0 radical (unpaired) electrons. The van der Waals surface area contributed by atoms with Crippen LogP contribution in [0, 0.1) is 0 Å². The van der Waals surface area contributed by atoms with Crippen molar-refractivity contribution in [2.24, 2.45) is 0 Å². The highest BCUT2D eigenvalue weighted by Gasteiger charge is 2.09. The molecule has 6 heteroatoms. The molecule has 0 aromatic heterocycles. The van der Waals surface area contributed by atoms with Crippen LogP contribution in [0.25, 0.3) is 0 Å². The minimum atomic E-state index is 0.257. The number of aromatic hydroxyl groups is 2. The topological polar surface area (TPSA) is 58.9 Å². The fourth-order valence-corrected chi connectivity index (χ4v) is 4.49. The Balaban J connectivity index is 1.37. The second-order valence-electron chi connectivity index (χ2n) is 7.19. The summed E-state index contributed by atoms with van der Waals surface area (Å²) in [6.07, 6.45) is 0.695. The molecule has 0 unspecified atom stereocenters. The van der Waals surface area contributed by atoms with Crippen LogP contribution in [0.2, 0.25) is 0 Å². The first-order valence-corrected chi connectivity index (χ1v) is 12.4. The predicted molar refractivity (Wildman–Crippen MR) is 135 cm³/mol. The Labute approximate surface area is 202 Å². The molecule has 0 saturated carbocycles. The van der Waals surface area contributed by atoms with Gasteiger partial charge in [-0.15, -0.1) is 0 Å². The molecule has 4 nitrogen and oxygen atoms in total. The number of rotatable bonds is 10. The molecule has 2 N–H and O–H groups in total. The quantitative estimate of drug-likeness (QED) is 0.191. The Morgan fingerprint density at radius 3 is 1.33 bits per heavy atom. The molecule has 0 aliphatic rings. The summed E-state index contributed by atoms with van der Waals surface area (Å²) < 4.78 is 12.1. The van der Waals surface area contributed by atoms with Crippen molar-refractivity contribution in [1.82, 2.24) is 0 Å². The lowest BCUT2D eigenvalue weighted by atomic mass is 10.0. The molecule has 0 fully saturated rings. The number of hydrogen-bond donors (Lipinski definition) is 2. The van der Waals surface area contributed by atoms with E-state index in [0.29, 0.717) is 18.3 Å². The minimum absolute atomic E-state index is 0.257. The second kappa shape index (κ2) is 11.6. The molecule has 168 valence electrons. The van der Waals surface area contributed by atoms with Gasteiger partial charge in [0.1, 0.15) is 34.9 Å². The first-order valence-electron chi connectivity index (χ1n) is 10.4. The molecule has 0 bridgehead atoms. The zero-order chi connectivity index (χ0) is 22.9. The standard InChI is InChI=1S/C27H24O4S2/c28-22-9-13-24(14-10-22)32-18-30-26-7-3-1-5-20(26)17-21-6-2-4-8-27(21)31-19-33-25-15-11-23(29)12-16-25/h1-16,28-29H,17-19H2. The van der Waals surface area contributed by atoms with Gasteiger partial charge in [0.2, 0.25) is 0 Å². The van der Waals surface area contributed by atoms with Crippen LogP contribution in [0.4, 0.5) is 0 Å². The zero-order valence-electron chi connectivity index (χ0n) is 17.9. The second-order valence-corrected chi connectivity index (χ2v) is 9.18. The van der Waals surface area contributed by atoms with Gasteiger partial charge in [0.05, 0.1) is 0 Å². The molecule has 4 rings (SSSR count). The van der Waals surface area contributed by atoms with Crippen molar-refractivity contribution in [3.05, 3.63) is 108 Å². The maximum atomic E-state index is 9.42. The van der Waals surface area contributed by atoms with Gasteiger partial charge in [0.15, 0.2) is 0 Å². The van der Waals surface area contributed by atoms with Crippen LogP contribution in [-0.4, -0.2) is 22.1 Å².